The SMILES string of the molecule is CCCCNC(=O)Oc1cn(C(C)C)c(=O)c2cc(OC)c(OC)cc12. The Labute approximate surface area is 152 Å². The van der Waals surface area contributed by atoms with Crippen LogP contribution in [0.1, 0.15) is 39.7 Å². The van der Waals surface area contributed by atoms with E-state index in [1.807, 2.05) is 20.8 Å². The smallest absolute Gasteiger partial charge is 0.412 e. The third-order valence-electron chi connectivity index (χ3n) is 4.07. The van der Waals surface area contributed by atoms with Crippen molar-refractivity contribution in [3.8, 4) is 17.2 Å². The molecule has 0 spiro atoms. The molecule has 0 aliphatic carbocycles. The number of pyridine rings is 1. The summed E-state index contributed by atoms with van der Waals surface area (Å²) in [7, 11) is 3.02. The first kappa shape index (κ1) is 19.6. The number of hydrogen-bond acceptors (Lipinski definition) is 5. The van der Waals surface area contributed by atoms with Gasteiger partial charge >= 0.3 is 6.09 Å². The van der Waals surface area contributed by atoms with E-state index in [0.717, 1.165) is 12.8 Å². The van der Waals surface area contributed by atoms with Gasteiger partial charge in [-0.15, -0.1) is 0 Å². The van der Waals surface area contributed by atoms with Gasteiger partial charge in [-0.2, -0.15) is 0 Å². The fourth-order valence-corrected chi connectivity index (χ4v) is 2.62. The zero-order valence-electron chi connectivity index (χ0n) is 15.9. The topological polar surface area (TPSA) is 78.8 Å². The maximum atomic E-state index is 12.8. The number of ether oxygens (including phenoxy) is 3. The number of carbonyl (C=O) groups excluding carboxylic acids is 1. The number of benzene rings is 1. The average Bonchev–Trinajstić information content (AvgIpc) is 2.62. The molecule has 0 radical (unpaired) electrons. The number of amides is 1. The molecule has 2 rings (SSSR count). The molecule has 1 N–H and O–H groups in total. The highest BCUT2D eigenvalue weighted by molar-refractivity contribution is 5.92. The molecule has 0 unspecified atom stereocenters. The fourth-order valence-electron chi connectivity index (χ4n) is 2.62. The molecule has 0 aliphatic rings. The molecular formula is C19H26N2O5. The first-order valence-electron chi connectivity index (χ1n) is 8.69. The minimum atomic E-state index is -0.552. The molecule has 0 fully saturated rings. The maximum Gasteiger partial charge on any atom is 0.412 e. The van der Waals surface area contributed by atoms with Crippen LogP contribution in [0.2, 0.25) is 0 Å². The van der Waals surface area contributed by atoms with E-state index >= 15 is 0 Å². The van der Waals surface area contributed by atoms with Crippen LogP contribution in [-0.4, -0.2) is 31.4 Å². The molecule has 0 saturated carbocycles. The molecule has 26 heavy (non-hydrogen) atoms. The van der Waals surface area contributed by atoms with Gasteiger partial charge in [-0.3, -0.25) is 4.79 Å². The lowest BCUT2D eigenvalue weighted by molar-refractivity contribution is 0.200. The number of nitrogens with zero attached hydrogens (tertiary/aromatic N) is 1. The van der Waals surface area contributed by atoms with Crippen molar-refractivity contribution >= 4 is 16.9 Å². The zero-order valence-corrected chi connectivity index (χ0v) is 15.9. The van der Waals surface area contributed by atoms with Crippen LogP contribution in [0, 0.1) is 0 Å². The van der Waals surface area contributed by atoms with E-state index in [9.17, 15) is 9.59 Å². The molecule has 1 amide bonds. The Morgan fingerprint density at radius 1 is 1.12 bits per heavy atom. The van der Waals surface area contributed by atoms with E-state index in [2.05, 4.69) is 5.32 Å². The summed E-state index contributed by atoms with van der Waals surface area (Å²) >= 11 is 0. The van der Waals surface area contributed by atoms with Gasteiger partial charge in [0.2, 0.25) is 0 Å². The predicted octanol–water partition coefficient (Wildman–Crippen LogP) is 3.49. The Kier molecular flexibility index (Phi) is 6.49. The number of methoxy groups -OCH3 is 2. The summed E-state index contributed by atoms with van der Waals surface area (Å²) < 4.78 is 17.6. The molecule has 1 aromatic heterocycles. The van der Waals surface area contributed by atoms with Gasteiger partial charge in [-0.25, -0.2) is 4.79 Å². The van der Waals surface area contributed by atoms with Crippen LogP contribution in [0.25, 0.3) is 10.8 Å². The van der Waals surface area contributed by atoms with Gasteiger partial charge in [0.1, 0.15) is 0 Å². The van der Waals surface area contributed by atoms with Crippen LogP contribution in [0.15, 0.2) is 23.1 Å². The summed E-state index contributed by atoms with van der Waals surface area (Å²) in [6, 6.07) is 3.16. The Balaban J connectivity index is 2.57. The molecule has 2 aromatic rings. The van der Waals surface area contributed by atoms with Crippen LogP contribution < -0.4 is 25.1 Å². The molecule has 0 bridgehead atoms. The number of nitrogens with one attached hydrogen (secondary N) is 1. The Bertz CT molecular complexity index is 842. The van der Waals surface area contributed by atoms with Crippen LogP contribution in [0.4, 0.5) is 4.79 Å². The molecule has 1 aromatic carbocycles. The van der Waals surface area contributed by atoms with Crippen molar-refractivity contribution in [3.05, 3.63) is 28.7 Å². The largest absolute Gasteiger partial charge is 0.493 e. The highest BCUT2D eigenvalue weighted by Crippen LogP contribution is 2.35. The summed E-state index contributed by atoms with van der Waals surface area (Å²) in [4.78, 5) is 24.9. The summed E-state index contributed by atoms with van der Waals surface area (Å²) in [5.74, 6) is 1.19. The number of unbranched alkanes of at least 4 members (excludes halogenated alkanes) is 1. The summed E-state index contributed by atoms with van der Waals surface area (Å²) in [6.07, 6.45) is 2.84. The van der Waals surface area contributed by atoms with Crippen molar-refractivity contribution in [1.82, 2.24) is 9.88 Å². The van der Waals surface area contributed by atoms with Crippen molar-refractivity contribution in [2.45, 2.75) is 39.7 Å². The van der Waals surface area contributed by atoms with Crippen molar-refractivity contribution in [1.29, 1.82) is 0 Å². The lowest BCUT2D eigenvalue weighted by Gasteiger charge is -2.17. The van der Waals surface area contributed by atoms with Gasteiger partial charge in [0.15, 0.2) is 17.2 Å². The standard InChI is InChI=1S/C19H26N2O5/c1-6-7-8-20-19(23)26-17-11-21(12(2)3)18(22)14-10-16(25-5)15(24-4)9-13(14)17/h9-12H,6-8H2,1-5H3,(H,20,23). The first-order valence-corrected chi connectivity index (χ1v) is 8.69. The average molecular weight is 362 g/mol. The maximum absolute atomic E-state index is 12.8. The molecule has 142 valence electrons. The van der Waals surface area contributed by atoms with Crippen LogP contribution in [0.3, 0.4) is 0 Å². The second kappa shape index (κ2) is 8.60. The van der Waals surface area contributed by atoms with Gasteiger partial charge in [-0.1, -0.05) is 13.3 Å². The second-order valence-electron chi connectivity index (χ2n) is 6.22. The Hall–Kier alpha value is -2.70. The van der Waals surface area contributed by atoms with E-state index in [1.165, 1.54) is 18.8 Å². The molecule has 7 heteroatoms. The highest BCUT2D eigenvalue weighted by Gasteiger charge is 2.18. The second-order valence-corrected chi connectivity index (χ2v) is 6.22. The molecule has 1 heterocycles. The Morgan fingerprint density at radius 3 is 2.27 bits per heavy atom. The van der Waals surface area contributed by atoms with Gasteiger partial charge in [0.25, 0.3) is 5.56 Å². The van der Waals surface area contributed by atoms with Crippen LogP contribution >= 0.6 is 0 Å². The lowest BCUT2D eigenvalue weighted by atomic mass is 10.1. The third kappa shape index (κ3) is 4.09. The van der Waals surface area contributed by atoms with Crippen molar-refractivity contribution in [2.75, 3.05) is 20.8 Å². The number of hydrogen-bond donors (Lipinski definition) is 1. The minimum absolute atomic E-state index is 0.0921. The quantitative estimate of drug-likeness (QED) is 0.763. The number of aromatic nitrogens is 1. The molecular weight excluding hydrogens is 336 g/mol. The summed E-state index contributed by atoms with van der Waals surface area (Å²) in [6.45, 7) is 6.35. The van der Waals surface area contributed by atoms with Gasteiger partial charge in [-0.05, 0) is 32.4 Å². The van der Waals surface area contributed by atoms with Crippen LogP contribution in [0.5, 0.6) is 17.2 Å². The van der Waals surface area contributed by atoms with E-state index in [0.29, 0.717) is 34.6 Å². The van der Waals surface area contributed by atoms with E-state index in [-0.39, 0.29) is 11.6 Å². The number of carbonyl (C=O) groups is 1. The van der Waals surface area contributed by atoms with Gasteiger partial charge in [0.05, 0.1) is 25.8 Å². The highest BCUT2D eigenvalue weighted by atomic mass is 16.6. The van der Waals surface area contributed by atoms with Crippen molar-refractivity contribution < 1.29 is 19.0 Å². The summed E-state index contributed by atoms with van der Waals surface area (Å²) in [5.41, 5.74) is -0.185. The van der Waals surface area contributed by atoms with Crippen molar-refractivity contribution in [3.63, 3.8) is 0 Å². The third-order valence-corrected chi connectivity index (χ3v) is 4.07. The lowest BCUT2D eigenvalue weighted by Crippen LogP contribution is -2.29. The number of fused-ring (bicyclic) bond motifs is 1. The van der Waals surface area contributed by atoms with Crippen LogP contribution in [-0.2, 0) is 0 Å². The zero-order chi connectivity index (χ0) is 19.3. The molecule has 7 nitrogen and oxygen atoms in total. The van der Waals surface area contributed by atoms with Gasteiger partial charge < -0.3 is 24.1 Å². The summed E-state index contributed by atoms with van der Waals surface area (Å²) in [5, 5.41) is 3.60. The Morgan fingerprint density at radius 2 is 1.73 bits per heavy atom. The molecule has 0 aliphatic heterocycles. The fraction of sp³-hybridized carbons (Fsp3) is 0.474. The van der Waals surface area contributed by atoms with E-state index in [4.69, 9.17) is 14.2 Å². The van der Waals surface area contributed by atoms with E-state index in [1.54, 1.807) is 18.3 Å². The number of rotatable bonds is 7. The monoisotopic (exact) mass is 362 g/mol. The van der Waals surface area contributed by atoms with Gasteiger partial charge in [0, 0.05) is 18.0 Å². The minimum Gasteiger partial charge on any atom is -0.493 e. The normalized spacial score (nSPS) is 10.8. The predicted molar refractivity (Wildman–Crippen MR) is 101 cm³/mol. The van der Waals surface area contributed by atoms with Crippen molar-refractivity contribution in [2.24, 2.45) is 0 Å². The molecule has 0 atom stereocenters. The first-order chi connectivity index (χ1) is 12.4. The van der Waals surface area contributed by atoms with E-state index < -0.39 is 6.09 Å². The molecule has 0 saturated heterocycles.